The molecule has 0 aromatic heterocycles. The van der Waals surface area contributed by atoms with Gasteiger partial charge in [0.2, 0.25) is 5.91 Å². The van der Waals surface area contributed by atoms with E-state index >= 15 is 0 Å². The SMILES string of the molecule is C[C@@H](O)[C@H]1C(=O)N2C(C(=O)O)=C(S[C@@H]3CN[C@H](C(N)C#N)C3)[C@H](C)[C@H]12. The Balaban J connectivity index is 1.80. The first-order valence-corrected chi connectivity index (χ1v) is 9.19. The third-order valence-corrected chi connectivity index (χ3v) is 6.82. The summed E-state index contributed by atoms with van der Waals surface area (Å²) in [6.07, 6.45) is -0.136. The summed E-state index contributed by atoms with van der Waals surface area (Å²) in [5.41, 5.74) is 5.79. The minimum absolute atomic E-state index is 0.0393. The van der Waals surface area contributed by atoms with Crippen molar-refractivity contribution >= 4 is 23.6 Å². The number of aliphatic hydroxyl groups excluding tert-OH is 1. The zero-order valence-electron chi connectivity index (χ0n) is 14.0. The summed E-state index contributed by atoms with van der Waals surface area (Å²) in [7, 11) is 0. The largest absolute Gasteiger partial charge is 0.477 e. The van der Waals surface area contributed by atoms with Crippen molar-refractivity contribution in [3.63, 3.8) is 0 Å². The van der Waals surface area contributed by atoms with Crippen LogP contribution in [-0.2, 0) is 9.59 Å². The maximum atomic E-state index is 12.3. The molecule has 7 atom stereocenters. The predicted molar refractivity (Wildman–Crippen MR) is 91.0 cm³/mol. The van der Waals surface area contributed by atoms with Gasteiger partial charge in [-0.25, -0.2) is 4.79 Å². The van der Waals surface area contributed by atoms with Crippen LogP contribution in [0.25, 0.3) is 0 Å². The zero-order chi connectivity index (χ0) is 18.5. The van der Waals surface area contributed by atoms with Crippen LogP contribution in [0.4, 0.5) is 0 Å². The molecule has 1 unspecified atom stereocenters. The van der Waals surface area contributed by atoms with Crippen LogP contribution in [0.2, 0.25) is 0 Å². The Hall–Kier alpha value is -1.60. The lowest BCUT2D eigenvalue weighted by molar-refractivity contribution is -0.163. The number of thioether (sulfide) groups is 1. The fourth-order valence-electron chi connectivity index (χ4n) is 4.04. The lowest BCUT2D eigenvalue weighted by atomic mass is 9.79. The van der Waals surface area contributed by atoms with Crippen molar-refractivity contribution in [3.8, 4) is 6.07 Å². The van der Waals surface area contributed by atoms with E-state index in [1.165, 1.54) is 16.7 Å². The van der Waals surface area contributed by atoms with Crippen LogP contribution in [0.1, 0.15) is 20.3 Å². The molecule has 0 aromatic rings. The second kappa shape index (κ2) is 6.61. The summed E-state index contributed by atoms with van der Waals surface area (Å²) >= 11 is 1.45. The summed E-state index contributed by atoms with van der Waals surface area (Å²) < 4.78 is 0. The number of carboxylic acids is 1. The number of nitrogens with zero attached hydrogens (tertiary/aromatic N) is 2. The highest BCUT2D eigenvalue weighted by atomic mass is 32.2. The molecule has 0 radical (unpaired) electrons. The molecule has 8 nitrogen and oxygen atoms in total. The van der Waals surface area contributed by atoms with Gasteiger partial charge in [0, 0.05) is 28.7 Å². The number of carboxylic acid groups (broad SMARTS) is 1. The molecule has 25 heavy (non-hydrogen) atoms. The average Bonchev–Trinajstić information content (AvgIpc) is 3.10. The number of aliphatic carboxylic acids is 1. The van der Waals surface area contributed by atoms with Gasteiger partial charge in [-0.2, -0.15) is 5.26 Å². The number of nitrogens with two attached hydrogens (primary N) is 1. The number of aliphatic hydroxyl groups is 1. The summed E-state index contributed by atoms with van der Waals surface area (Å²) in [6, 6.07) is 1.02. The van der Waals surface area contributed by atoms with E-state index in [2.05, 4.69) is 5.32 Å². The number of hydrogen-bond acceptors (Lipinski definition) is 7. The first-order chi connectivity index (χ1) is 11.8. The first-order valence-electron chi connectivity index (χ1n) is 8.31. The summed E-state index contributed by atoms with van der Waals surface area (Å²) in [5, 5.41) is 31.7. The minimum Gasteiger partial charge on any atom is -0.477 e. The van der Waals surface area contributed by atoms with E-state index in [-0.39, 0.29) is 34.9 Å². The van der Waals surface area contributed by atoms with Gasteiger partial charge < -0.3 is 26.2 Å². The summed E-state index contributed by atoms with van der Waals surface area (Å²) in [4.78, 5) is 26.1. The van der Waals surface area contributed by atoms with Gasteiger partial charge in [-0.3, -0.25) is 4.79 Å². The van der Waals surface area contributed by atoms with E-state index in [4.69, 9.17) is 11.0 Å². The Labute approximate surface area is 150 Å². The number of rotatable bonds is 5. The number of β-lactam (4-membered cyclic amide) rings is 1. The molecular formula is C16H22N4O4S. The predicted octanol–water partition coefficient (Wildman–Crippen LogP) is -0.545. The Morgan fingerprint density at radius 2 is 2.24 bits per heavy atom. The van der Waals surface area contributed by atoms with Gasteiger partial charge in [0.05, 0.1) is 24.1 Å². The molecule has 3 aliphatic heterocycles. The first kappa shape index (κ1) is 18.2. The van der Waals surface area contributed by atoms with Crippen LogP contribution >= 0.6 is 11.8 Å². The van der Waals surface area contributed by atoms with Crippen LogP contribution in [0.15, 0.2) is 10.6 Å². The minimum atomic E-state index is -1.12. The van der Waals surface area contributed by atoms with Crippen molar-refractivity contribution in [1.82, 2.24) is 10.2 Å². The number of hydrogen-bond donors (Lipinski definition) is 4. The van der Waals surface area contributed by atoms with Crippen LogP contribution < -0.4 is 11.1 Å². The van der Waals surface area contributed by atoms with Gasteiger partial charge in [-0.05, 0) is 13.3 Å². The molecule has 1 amide bonds. The number of fused-ring (bicyclic) bond motifs is 1. The van der Waals surface area contributed by atoms with Gasteiger partial charge in [0.25, 0.3) is 0 Å². The second-order valence-corrected chi connectivity index (χ2v) is 8.26. The molecule has 0 aromatic carbocycles. The molecule has 0 aliphatic carbocycles. The van der Waals surface area contributed by atoms with Crippen LogP contribution in [0.3, 0.4) is 0 Å². The Kier molecular flexibility index (Phi) is 4.81. The van der Waals surface area contributed by atoms with E-state index in [0.29, 0.717) is 17.9 Å². The molecule has 5 N–H and O–H groups in total. The molecular weight excluding hydrogens is 344 g/mol. The Morgan fingerprint density at radius 3 is 2.80 bits per heavy atom. The van der Waals surface area contributed by atoms with Crippen LogP contribution in [0, 0.1) is 23.2 Å². The molecule has 2 saturated heterocycles. The topological polar surface area (TPSA) is 140 Å². The smallest absolute Gasteiger partial charge is 0.353 e. The lowest BCUT2D eigenvalue weighted by Gasteiger charge is -2.46. The maximum absolute atomic E-state index is 12.3. The monoisotopic (exact) mass is 366 g/mol. The summed E-state index contributed by atoms with van der Waals surface area (Å²) in [6.45, 7) is 4.10. The lowest BCUT2D eigenvalue weighted by Crippen LogP contribution is -2.63. The third-order valence-electron chi connectivity index (χ3n) is 5.31. The van der Waals surface area contributed by atoms with Gasteiger partial charge >= 0.3 is 5.97 Å². The number of carbonyl (C=O) groups excluding carboxylic acids is 1. The highest BCUT2D eigenvalue weighted by Gasteiger charge is 2.60. The van der Waals surface area contributed by atoms with Crippen molar-refractivity contribution in [2.45, 2.75) is 49.7 Å². The van der Waals surface area contributed by atoms with Crippen LogP contribution in [-0.4, -0.2) is 63.0 Å². The zero-order valence-corrected chi connectivity index (χ0v) is 14.9. The Morgan fingerprint density at radius 1 is 1.56 bits per heavy atom. The number of nitriles is 1. The molecule has 9 heteroatoms. The number of amides is 1. The van der Waals surface area contributed by atoms with E-state index in [1.54, 1.807) is 6.92 Å². The normalized spacial score (nSPS) is 36.7. The second-order valence-electron chi connectivity index (χ2n) is 6.92. The quantitative estimate of drug-likeness (QED) is 0.475. The van der Waals surface area contributed by atoms with Crippen LogP contribution in [0.5, 0.6) is 0 Å². The van der Waals surface area contributed by atoms with Gasteiger partial charge in [0.15, 0.2) is 0 Å². The molecule has 0 spiro atoms. The molecule has 136 valence electrons. The van der Waals surface area contributed by atoms with E-state index in [9.17, 15) is 19.8 Å². The summed E-state index contributed by atoms with van der Waals surface area (Å²) in [5.74, 6) is -2.14. The Bertz CT molecular complexity index is 674. The molecule has 3 heterocycles. The maximum Gasteiger partial charge on any atom is 0.353 e. The fourth-order valence-corrected chi connectivity index (χ4v) is 5.54. The standard InChI is InChI=1S/C16H22N4O4S/c1-6-12-11(7(2)21)15(22)20(12)13(16(23)24)14(6)25-8-3-10(19-5-8)9(18)4-17/h6-12,19,21H,3,5,18H2,1-2H3,(H,23,24)/t6-,7-,8+,9?,10+,11-,12-/m1/s1. The van der Waals surface area contributed by atoms with Gasteiger partial charge in [0.1, 0.15) is 11.7 Å². The van der Waals surface area contributed by atoms with Crippen molar-refractivity contribution < 1.29 is 19.8 Å². The highest BCUT2D eigenvalue weighted by Crippen LogP contribution is 2.51. The molecule has 3 aliphatic rings. The van der Waals surface area contributed by atoms with Crippen molar-refractivity contribution in [2.24, 2.45) is 17.6 Å². The van der Waals surface area contributed by atoms with Crippen molar-refractivity contribution in [1.29, 1.82) is 5.26 Å². The van der Waals surface area contributed by atoms with Gasteiger partial charge in [-0.1, -0.05) is 6.92 Å². The molecule has 2 fully saturated rings. The van der Waals surface area contributed by atoms with E-state index in [1.807, 2.05) is 13.0 Å². The fraction of sp³-hybridized carbons (Fsp3) is 0.688. The average molecular weight is 366 g/mol. The number of nitrogens with one attached hydrogen (secondary N) is 1. The van der Waals surface area contributed by atoms with E-state index < -0.39 is 24.0 Å². The van der Waals surface area contributed by atoms with Gasteiger partial charge in [-0.15, -0.1) is 11.8 Å². The molecule has 3 rings (SSSR count). The van der Waals surface area contributed by atoms with Crippen molar-refractivity contribution in [2.75, 3.05) is 6.54 Å². The van der Waals surface area contributed by atoms with E-state index in [0.717, 1.165) is 0 Å². The molecule has 0 saturated carbocycles. The molecule has 0 bridgehead atoms. The van der Waals surface area contributed by atoms with Crippen molar-refractivity contribution in [3.05, 3.63) is 10.6 Å². The third kappa shape index (κ3) is 2.83. The number of carbonyl (C=O) groups is 2. The highest BCUT2D eigenvalue weighted by molar-refractivity contribution is 8.03.